The fraction of sp³-hybridized carbons (Fsp3) is 0.250. The van der Waals surface area contributed by atoms with Crippen LogP contribution in [-0.2, 0) is 19.3 Å². The molecule has 1 heterocycles. The first-order valence-electron chi connectivity index (χ1n) is 8.45. The van der Waals surface area contributed by atoms with Gasteiger partial charge in [0, 0.05) is 18.4 Å². The van der Waals surface area contributed by atoms with Crippen LogP contribution in [0.25, 0.3) is 0 Å². The fourth-order valence-corrected chi connectivity index (χ4v) is 3.42. The molecule has 2 aromatic carbocycles. The van der Waals surface area contributed by atoms with Gasteiger partial charge in [-0.15, -0.1) is 10.2 Å². The maximum atomic E-state index is 12.3. The Balaban J connectivity index is 1.59. The standard InChI is InChI=1S/C20H22N4OS/c1-14-8-10-16(11-9-14)13-26-20-23-22-18(24(20)3)12-21-19(25)17-7-5-4-6-15(17)2/h4-11H,12-13H2,1-3H3,(H,21,25). The fourth-order valence-electron chi connectivity index (χ4n) is 2.54. The highest BCUT2D eigenvalue weighted by Gasteiger charge is 2.12. The molecule has 1 amide bonds. The van der Waals surface area contributed by atoms with Gasteiger partial charge in [-0.05, 0) is 31.0 Å². The maximum Gasteiger partial charge on any atom is 0.251 e. The van der Waals surface area contributed by atoms with E-state index in [1.807, 2.05) is 42.8 Å². The summed E-state index contributed by atoms with van der Waals surface area (Å²) in [5.41, 5.74) is 4.14. The summed E-state index contributed by atoms with van der Waals surface area (Å²) in [5.74, 6) is 1.47. The van der Waals surface area contributed by atoms with Crippen molar-refractivity contribution in [3.05, 3.63) is 76.6 Å². The van der Waals surface area contributed by atoms with E-state index in [4.69, 9.17) is 0 Å². The second-order valence-corrected chi connectivity index (χ2v) is 7.17. The van der Waals surface area contributed by atoms with Crippen molar-refractivity contribution >= 4 is 17.7 Å². The van der Waals surface area contributed by atoms with E-state index in [1.54, 1.807) is 11.8 Å². The number of hydrogen-bond acceptors (Lipinski definition) is 4. The van der Waals surface area contributed by atoms with E-state index in [2.05, 4.69) is 46.7 Å². The number of hydrogen-bond donors (Lipinski definition) is 1. The Morgan fingerprint density at radius 3 is 2.54 bits per heavy atom. The molecule has 0 saturated carbocycles. The average molecular weight is 366 g/mol. The first-order chi connectivity index (χ1) is 12.5. The second-order valence-electron chi connectivity index (χ2n) is 6.23. The molecule has 0 aliphatic heterocycles. The highest BCUT2D eigenvalue weighted by molar-refractivity contribution is 7.98. The topological polar surface area (TPSA) is 59.8 Å². The van der Waals surface area contributed by atoms with Gasteiger partial charge in [-0.3, -0.25) is 4.79 Å². The number of nitrogens with one attached hydrogen (secondary N) is 1. The molecule has 26 heavy (non-hydrogen) atoms. The van der Waals surface area contributed by atoms with Crippen LogP contribution in [0.5, 0.6) is 0 Å². The minimum Gasteiger partial charge on any atom is -0.345 e. The van der Waals surface area contributed by atoms with E-state index in [0.29, 0.717) is 12.1 Å². The molecule has 0 fully saturated rings. The van der Waals surface area contributed by atoms with E-state index in [-0.39, 0.29) is 5.91 Å². The Morgan fingerprint density at radius 2 is 1.81 bits per heavy atom. The molecule has 5 nitrogen and oxygen atoms in total. The van der Waals surface area contributed by atoms with Crippen molar-refractivity contribution < 1.29 is 4.79 Å². The van der Waals surface area contributed by atoms with Crippen LogP contribution in [0.1, 0.15) is 32.9 Å². The Morgan fingerprint density at radius 1 is 1.08 bits per heavy atom. The Labute approximate surface area is 157 Å². The number of amides is 1. The Kier molecular flexibility index (Phi) is 5.73. The molecule has 0 bridgehead atoms. The first-order valence-corrected chi connectivity index (χ1v) is 9.43. The van der Waals surface area contributed by atoms with E-state index in [1.165, 1.54) is 11.1 Å². The second kappa shape index (κ2) is 8.19. The molecule has 134 valence electrons. The number of rotatable bonds is 6. The molecule has 3 rings (SSSR count). The maximum absolute atomic E-state index is 12.3. The van der Waals surface area contributed by atoms with Crippen LogP contribution in [0.4, 0.5) is 0 Å². The third kappa shape index (κ3) is 4.32. The zero-order chi connectivity index (χ0) is 18.5. The van der Waals surface area contributed by atoms with Gasteiger partial charge in [-0.2, -0.15) is 0 Å². The van der Waals surface area contributed by atoms with Crippen LogP contribution >= 0.6 is 11.8 Å². The van der Waals surface area contributed by atoms with E-state index in [9.17, 15) is 4.79 Å². The van der Waals surface area contributed by atoms with Crippen molar-refractivity contribution in [3.63, 3.8) is 0 Å². The molecule has 1 aromatic heterocycles. The Hall–Kier alpha value is -2.60. The SMILES string of the molecule is Cc1ccc(CSc2nnc(CNC(=O)c3ccccc3C)n2C)cc1. The summed E-state index contributed by atoms with van der Waals surface area (Å²) in [6.07, 6.45) is 0. The molecule has 1 N–H and O–H groups in total. The van der Waals surface area contributed by atoms with E-state index < -0.39 is 0 Å². The molecule has 0 aliphatic rings. The molecule has 0 radical (unpaired) electrons. The van der Waals surface area contributed by atoms with Crippen molar-refractivity contribution in [2.75, 3.05) is 0 Å². The predicted octanol–water partition coefficient (Wildman–Crippen LogP) is 3.65. The Bertz CT molecular complexity index is 902. The van der Waals surface area contributed by atoms with Crippen LogP contribution in [-0.4, -0.2) is 20.7 Å². The van der Waals surface area contributed by atoms with Crippen LogP contribution in [0.3, 0.4) is 0 Å². The van der Waals surface area contributed by atoms with Gasteiger partial charge >= 0.3 is 0 Å². The van der Waals surface area contributed by atoms with Crippen LogP contribution in [0.2, 0.25) is 0 Å². The largest absolute Gasteiger partial charge is 0.345 e. The van der Waals surface area contributed by atoms with Gasteiger partial charge in [-0.1, -0.05) is 59.8 Å². The zero-order valence-corrected chi connectivity index (χ0v) is 16.0. The third-order valence-electron chi connectivity index (χ3n) is 4.21. The lowest BCUT2D eigenvalue weighted by Crippen LogP contribution is -2.25. The number of carbonyl (C=O) groups is 1. The van der Waals surface area contributed by atoms with Gasteiger partial charge in [0.25, 0.3) is 5.91 Å². The highest BCUT2D eigenvalue weighted by atomic mass is 32.2. The van der Waals surface area contributed by atoms with Gasteiger partial charge in [0.1, 0.15) is 0 Å². The summed E-state index contributed by atoms with van der Waals surface area (Å²) in [7, 11) is 1.92. The summed E-state index contributed by atoms with van der Waals surface area (Å²) in [4.78, 5) is 12.3. The number of thioether (sulfide) groups is 1. The van der Waals surface area contributed by atoms with Gasteiger partial charge in [0.05, 0.1) is 6.54 Å². The summed E-state index contributed by atoms with van der Waals surface area (Å²) < 4.78 is 1.93. The molecular weight excluding hydrogens is 344 g/mol. The third-order valence-corrected chi connectivity index (χ3v) is 5.30. The number of carbonyl (C=O) groups excluding carboxylic acids is 1. The number of benzene rings is 2. The number of nitrogens with zero attached hydrogens (tertiary/aromatic N) is 3. The van der Waals surface area contributed by atoms with Gasteiger partial charge in [0.15, 0.2) is 11.0 Å². The van der Waals surface area contributed by atoms with Crippen molar-refractivity contribution in [1.82, 2.24) is 20.1 Å². The van der Waals surface area contributed by atoms with E-state index in [0.717, 1.165) is 22.3 Å². The quantitative estimate of drug-likeness (QED) is 0.677. The normalized spacial score (nSPS) is 10.7. The van der Waals surface area contributed by atoms with Gasteiger partial charge in [0.2, 0.25) is 0 Å². The van der Waals surface area contributed by atoms with Crippen LogP contribution < -0.4 is 5.32 Å². The molecule has 0 unspecified atom stereocenters. The monoisotopic (exact) mass is 366 g/mol. The summed E-state index contributed by atoms with van der Waals surface area (Å²) in [6, 6.07) is 16.0. The first kappa shape index (κ1) is 18.2. The number of aromatic nitrogens is 3. The minimum atomic E-state index is -0.0973. The molecule has 0 aliphatic carbocycles. The summed E-state index contributed by atoms with van der Waals surface area (Å²) in [5, 5.41) is 12.2. The summed E-state index contributed by atoms with van der Waals surface area (Å²) >= 11 is 1.64. The molecular formula is C20H22N4OS. The van der Waals surface area contributed by atoms with Crippen molar-refractivity contribution in [2.45, 2.75) is 31.3 Å². The zero-order valence-electron chi connectivity index (χ0n) is 15.2. The van der Waals surface area contributed by atoms with Crippen LogP contribution in [0, 0.1) is 13.8 Å². The molecule has 0 saturated heterocycles. The molecule has 3 aromatic rings. The number of aryl methyl sites for hydroxylation is 2. The molecule has 6 heteroatoms. The van der Waals surface area contributed by atoms with Gasteiger partial charge in [-0.25, -0.2) is 0 Å². The lowest BCUT2D eigenvalue weighted by molar-refractivity contribution is 0.0949. The van der Waals surface area contributed by atoms with E-state index >= 15 is 0 Å². The lowest BCUT2D eigenvalue weighted by atomic mass is 10.1. The van der Waals surface area contributed by atoms with Gasteiger partial charge < -0.3 is 9.88 Å². The molecule has 0 spiro atoms. The average Bonchev–Trinajstić information content (AvgIpc) is 2.99. The van der Waals surface area contributed by atoms with Crippen molar-refractivity contribution in [2.24, 2.45) is 7.05 Å². The van der Waals surface area contributed by atoms with Crippen molar-refractivity contribution in [3.8, 4) is 0 Å². The molecule has 0 atom stereocenters. The predicted molar refractivity (Wildman–Crippen MR) is 104 cm³/mol. The van der Waals surface area contributed by atoms with Crippen LogP contribution in [0.15, 0.2) is 53.7 Å². The summed E-state index contributed by atoms with van der Waals surface area (Å²) in [6.45, 7) is 4.36. The smallest absolute Gasteiger partial charge is 0.251 e. The minimum absolute atomic E-state index is 0.0973. The highest BCUT2D eigenvalue weighted by Crippen LogP contribution is 2.21. The lowest BCUT2D eigenvalue weighted by Gasteiger charge is -2.08. The van der Waals surface area contributed by atoms with Crippen molar-refractivity contribution in [1.29, 1.82) is 0 Å².